The van der Waals surface area contributed by atoms with E-state index < -0.39 is 4.92 Å². The van der Waals surface area contributed by atoms with Gasteiger partial charge < -0.3 is 15.4 Å². The zero-order valence-corrected chi connectivity index (χ0v) is 12.8. The summed E-state index contributed by atoms with van der Waals surface area (Å²) < 4.78 is 5.85. The van der Waals surface area contributed by atoms with Gasteiger partial charge >= 0.3 is 5.69 Å². The molecule has 0 aliphatic rings. The quantitative estimate of drug-likeness (QED) is 0.629. The maximum atomic E-state index is 11.0. The number of hydrogen-bond acceptors (Lipinski definition) is 7. The molecule has 8 nitrogen and oxygen atoms in total. The highest BCUT2D eigenvalue weighted by Gasteiger charge is 2.18. The van der Waals surface area contributed by atoms with Crippen molar-refractivity contribution in [2.24, 2.45) is 0 Å². The van der Waals surface area contributed by atoms with Crippen molar-refractivity contribution in [3.63, 3.8) is 0 Å². The Kier molecular flexibility index (Phi) is 4.53. The van der Waals surface area contributed by atoms with Gasteiger partial charge in [0.1, 0.15) is 11.9 Å². The van der Waals surface area contributed by atoms with Crippen molar-refractivity contribution < 1.29 is 9.66 Å². The number of hydrogen-bond donors (Lipinski definition) is 2. The monoisotopic (exact) mass is 353 g/mol. The third kappa shape index (κ3) is 3.37. The molecule has 2 aromatic rings. The lowest BCUT2D eigenvalue weighted by Gasteiger charge is -2.10. The summed E-state index contributed by atoms with van der Waals surface area (Å²) in [4.78, 5) is 18.4. The lowest BCUT2D eigenvalue weighted by molar-refractivity contribution is -0.384. The van der Waals surface area contributed by atoms with E-state index in [1.54, 1.807) is 32.4 Å². The number of nitro groups is 1. The van der Waals surface area contributed by atoms with Crippen LogP contribution in [0.4, 0.5) is 23.1 Å². The molecule has 9 heteroatoms. The first kappa shape index (κ1) is 15.0. The first-order chi connectivity index (χ1) is 10.0. The van der Waals surface area contributed by atoms with Crippen LogP contribution in [0, 0.1) is 10.1 Å². The summed E-state index contributed by atoms with van der Waals surface area (Å²) in [7, 11) is 3.17. The van der Waals surface area contributed by atoms with E-state index in [0.717, 1.165) is 10.7 Å². The summed E-state index contributed by atoms with van der Waals surface area (Å²) in [6.45, 7) is 0. The van der Waals surface area contributed by atoms with E-state index in [4.69, 9.17) is 4.74 Å². The number of nitrogens with zero attached hydrogens (tertiary/aromatic N) is 3. The molecule has 0 radical (unpaired) electrons. The number of anilines is 3. The van der Waals surface area contributed by atoms with Gasteiger partial charge in [-0.2, -0.15) is 4.98 Å². The highest BCUT2D eigenvalue weighted by molar-refractivity contribution is 9.10. The van der Waals surface area contributed by atoms with Crippen molar-refractivity contribution in [1.82, 2.24) is 9.97 Å². The Bertz CT molecular complexity index is 680. The SMILES string of the molecule is CNc1ncc([N+](=O)[O-])c(Nc2cc(OC)ccc2Br)n1. The van der Waals surface area contributed by atoms with Crippen LogP contribution >= 0.6 is 15.9 Å². The number of halogens is 1. The van der Waals surface area contributed by atoms with Gasteiger partial charge in [-0.3, -0.25) is 10.1 Å². The number of ether oxygens (including phenoxy) is 1. The number of rotatable bonds is 5. The van der Waals surface area contributed by atoms with Gasteiger partial charge in [0.25, 0.3) is 0 Å². The van der Waals surface area contributed by atoms with Crippen LogP contribution in [0.5, 0.6) is 5.75 Å². The van der Waals surface area contributed by atoms with Gasteiger partial charge in [0.15, 0.2) is 0 Å². The Balaban J connectivity index is 2.44. The smallest absolute Gasteiger partial charge is 0.329 e. The third-order valence-electron chi connectivity index (χ3n) is 2.62. The fourth-order valence-electron chi connectivity index (χ4n) is 1.58. The maximum absolute atomic E-state index is 11.0. The van der Waals surface area contributed by atoms with E-state index in [0.29, 0.717) is 11.4 Å². The standard InChI is InChI=1S/C12H12BrN5O3/c1-14-12-15-6-10(18(19)20)11(17-12)16-9-5-7(21-2)3-4-8(9)13/h3-6H,1-2H3,(H2,14,15,16,17). The van der Waals surface area contributed by atoms with Gasteiger partial charge in [-0.05, 0) is 28.1 Å². The fraction of sp³-hybridized carbons (Fsp3) is 0.167. The Morgan fingerprint density at radius 2 is 2.19 bits per heavy atom. The second kappa shape index (κ2) is 6.35. The molecule has 0 aliphatic heterocycles. The molecule has 0 amide bonds. The average Bonchev–Trinajstić information content (AvgIpc) is 2.49. The molecule has 1 heterocycles. The summed E-state index contributed by atoms with van der Waals surface area (Å²) in [5.41, 5.74) is 0.377. The van der Waals surface area contributed by atoms with Gasteiger partial charge in [0, 0.05) is 17.6 Å². The van der Waals surface area contributed by atoms with E-state index in [-0.39, 0.29) is 17.5 Å². The molecular formula is C12H12BrN5O3. The number of methoxy groups -OCH3 is 1. The second-order valence-corrected chi connectivity index (χ2v) is 4.76. The molecule has 1 aromatic carbocycles. The van der Waals surface area contributed by atoms with Crippen LogP contribution in [0.2, 0.25) is 0 Å². The summed E-state index contributed by atoms with van der Waals surface area (Å²) in [6, 6.07) is 5.24. The van der Waals surface area contributed by atoms with Crippen molar-refractivity contribution in [1.29, 1.82) is 0 Å². The van der Waals surface area contributed by atoms with Crippen molar-refractivity contribution in [3.8, 4) is 5.75 Å². The first-order valence-electron chi connectivity index (χ1n) is 5.85. The predicted octanol–water partition coefficient (Wildman–Crippen LogP) is 2.94. The van der Waals surface area contributed by atoms with E-state index in [1.165, 1.54) is 0 Å². The van der Waals surface area contributed by atoms with Crippen LogP contribution in [-0.2, 0) is 0 Å². The minimum Gasteiger partial charge on any atom is -0.497 e. The minimum atomic E-state index is -0.546. The molecule has 0 bridgehead atoms. The highest BCUT2D eigenvalue weighted by Crippen LogP contribution is 2.32. The Hall–Kier alpha value is -2.42. The fourth-order valence-corrected chi connectivity index (χ4v) is 1.92. The molecule has 0 fully saturated rings. The van der Waals surface area contributed by atoms with Crippen molar-refractivity contribution in [2.45, 2.75) is 0 Å². The molecule has 0 saturated carbocycles. The summed E-state index contributed by atoms with van der Waals surface area (Å²) in [5, 5.41) is 16.7. The summed E-state index contributed by atoms with van der Waals surface area (Å²) in [6.07, 6.45) is 1.15. The number of benzene rings is 1. The van der Waals surface area contributed by atoms with E-state index in [2.05, 4.69) is 36.5 Å². The zero-order chi connectivity index (χ0) is 15.4. The molecular weight excluding hydrogens is 342 g/mol. The molecule has 0 atom stereocenters. The zero-order valence-electron chi connectivity index (χ0n) is 11.3. The maximum Gasteiger partial charge on any atom is 0.329 e. The van der Waals surface area contributed by atoms with Gasteiger partial charge in [0.05, 0.1) is 17.7 Å². The molecule has 110 valence electrons. The summed E-state index contributed by atoms with van der Waals surface area (Å²) in [5.74, 6) is 0.988. The largest absolute Gasteiger partial charge is 0.497 e. The van der Waals surface area contributed by atoms with Crippen molar-refractivity contribution >= 4 is 39.1 Å². The lowest BCUT2D eigenvalue weighted by atomic mass is 10.3. The summed E-state index contributed by atoms with van der Waals surface area (Å²) >= 11 is 3.37. The predicted molar refractivity (Wildman–Crippen MR) is 82.2 cm³/mol. The highest BCUT2D eigenvalue weighted by atomic mass is 79.9. The molecule has 0 unspecified atom stereocenters. The van der Waals surface area contributed by atoms with Gasteiger partial charge in [-0.1, -0.05) is 0 Å². The van der Waals surface area contributed by atoms with Crippen LogP contribution < -0.4 is 15.4 Å². The van der Waals surface area contributed by atoms with E-state index >= 15 is 0 Å². The topological polar surface area (TPSA) is 102 Å². The molecule has 1 aromatic heterocycles. The molecule has 0 spiro atoms. The average molecular weight is 354 g/mol. The Morgan fingerprint density at radius 1 is 1.43 bits per heavy atom. The van der Waals surface area contributed by atoms with Gasteiger partial charge in [-0.15, -0.1) is 0 Å². The van der Waals surface area contributed by atoms with E-state index in [1.807, 2.05) is 0 Å². The number of aromatic nitrogens is 2. The number of nitrogens with one attached hydrogen (secondary N) is 2. The molecule has 2 rings (SSSR count). The second-order valence-electron chi connectivity index (χ2n) is 3.91. The molecule has 21 heavy (non-hydrogen) atoms. The van der Waals surface area contributed by atoms with Gasteiger partial charge in [-0.25, -0.2) is 4.98 Å². The Morgan fingerprint density at radius 3 is 2.81 bits per heavy atom. The minimum absolute atomic E-state index is 0.0910. The molecule has 2 N–H and O–H groups in total. The van der Waals surface area contributed by atoms with Crippen molar-refractivity contribution in [2.75, 3.05) is 24.8 Å². The van der Waals surface area contributed by atoms with Gasteiger partial charge in [0.2, 0.25) is 11.8 Å². The van der Waals surface area contributed by atoms with Crippen LogP contribution in [-0.4, -0.2) is 29.0 Å². The van der Waals surface area contributed by atoms with Crippen LogP contribution in [0.25, 0.3) is 0 Å². The lowest BCUT2D eigenvalue weighted by Crippen LogP contribution is -2.04. The van der Waals surface area contributed by atoms with Crippen LogP contribution in [0.3, 0.4) is 0 Å². The molecule has 0 saturated heterocycles. The van der Waals surface area contributed by atoms with Crippen molar-refractivity contribution in [3.05, 3.63) is 39.0 Å². The normalized spacial score (nSPS) is 10.0. The van der Waals surface area contributed by atoms with Crippen LogP contribution in [0.1, 0.15) is 0 Å². The first-order valence-corrected chi connectivity index (χ1v) is 6.64. The molecule has 0 aliphatic carbocycles. The third-order valence-corrected chi connectivity index (χ3v) is 3.31. The Labute approximate surface area is 128 Å². The van der Waals surface area contributed by atoms with E-state index in [9.17, 15) is 10.1 Å². The van der Waals surface area contributed by atoms with Crippen LogP contribution in [0.15, 0.2) is 28.9 Å².